The van der Waals surface area contributed by atoms with Gasteiger partial charge in [-0.2, -0.15) is 0 Å². The van der Waals surface area contributed by atoms with Gasteiger partial charge in [-0.15, -0.1) is 0 Å². The number of nitrogens with zero attached hydrogens (tertiary/aromatic N) is 7. The molecule has 0 bridgehead atoms. The Morgan fingerprint density at radius 3 is 0.880 bits per heavy atom. The maximum atomic E-state index is 14.0. The first-order valence-electron chi connectivity index (χ1n) is 27.9. The van der Waals surface area contributed by atoms with Crippen LogP contribution in [0.15, 0.2) is 65.1 Å². The first-order chi connectivity index (χ1) is 43.0. The van der Waals surface area contributed by atoms with Crippen molar-refractivity contribution in [3.8, 4) is 0 Å². The van der Waals surface area contributed by atoms with Gasteiger partial charge in [-0.3, -0.25) is 48.4 Å². The zero-order valence-corrected chi connectivity index (χ0v) is 48.6. The van der Waals surface area contributed by atoms with Crippen molar-refractivity contribution >= 4 is 64.8 Å². The van der Waals surface area contributed by atoms with Gasteiger partial charge in [-0.1, -0.05) is 18.2 Å². The quantitative estimate of drug-likeness (QED) is 0.0281. The minimum atomic E-state index is -2.37. The van der Waals surface area contributed by atoms with Crippen LogP contribution < -0.4 is 4.90 Å². The van der Waals surface area contributed by atoms with E-state index in [9.17, 15) is 160 Å². The van der Waals surface area contributed by atoms with Crippen LogP contribution in [0, 0.1) is 0 Å². The van der Waals surface area contributed by atoms with Crippen molar-refractivity contribution in [3.05, 3.63) is 65.1 Å². The normalized spacial score (nSPS) is 19.8. The number of carboxylic acid groups (broad SMARTS) is 4. The SMILES string of the molecule is O=C1CN(CC(O)C(O)C(O)C(O)CO)C(N(CCCC(CCCN(C(=O)O)C2=C(O)C(=O)C(=O)CN2CC(O)C(O)C(O)C(O)CO)(CCCN(C(=O)O)C2=C(O)C(=O)C(=O)CN2CC(O)C(O)C(O)C(O)CO)N(C(=O)O)c2ccccc2)C(=O)O)=C(O)C1=O. The Bertz CT molecular complexity index is 2690. The number of carbonyl (C=O) groups is 10. The van der Waals surface area contributed by atoms with Gasteiger partial charge in [0, 0.05) is 45.0 Å². The van der Waals surface area contributed by atoms with Crippen LogP contribution in [0.25, 0.3) is 0 Å². The van der Waals surface area contributed by atoms with E-state index in [2.05, 4.69) is 0 Å². The molecule has 0 aliphatic carbocycles. The second-order valence-electron chi connectivity index (χ2n) is 21.6. The Morgan fingerprint density at radius 1 is 0.402 bits per heavy atom. The van der Waals surface area contributed by atoms with Gasteiger partial charge in [-0.05, 0) is 50.7 Å². The fourth-order valence-corrected chi connectivity index (χ4v) is 10.6. The van der Waals surface area contributed by atoms with E-state index < -0.39 is 290 Å². The van der Waals surface area contributed by atoms with Gasteiger partial charge in [0.15, 0.2) is 17.5 Å². The first kappa shape index (κ1) is 76.2. The Labute approximate surface area is 519 Å². The molecule has 0 saturated heterocycles. The van der Waals surface area contributed by atoms with Gasteiger partial charge in [0.25, 0.3) is 17.3 Å². The number of Topliss-reactive ketones (excluding diaryl/α,β-unsaturated/α-hetero) is 6. The van der Waals surface area contributed by atoms with Gasteiger partial charge < -0.3 is 127 Å². The van der Waals surface area contributed by atoms with Gasteiger partial charge in [0.1, 0.15) is 73.2 Å². The number of aliphatic hydroxyl groups is 18. The first-order valence-corrected chi connectivity index (χ1v) is 27.9. The lowest BCUT2D eigenvalue weighted by atomic mass is 9.81. The Hall–Kier alpha value is -8.26. The van der Waals surface area contributed by atoms with E-state index in [0.717, 1.165) is 0 Å². The van der Waals surface area contributed by atoms with E-state index in [-0.39, 0.29) is 20.4 Å². The van der Waals surface area contributed by atoms with Crippen molar-refractivity contribution < 1.29 is 160 Å². The highest BCUT2D eigenvalue weighted by molar-refractivity contribution is 6.45. The smallest absolute Gasteiger partial charge is 0.413 e. The van der Waals surface area contributed by atoms with E-state index >= 15 is 0 Å². The average Bonchev–Trinajstić information content (AvgIpc) is 0.817. The molecule has 12 unspecified atom stereocenters. The summed E-state index contributed by atoms with van der Waals surface area (Å²) in [6.07, 6.45) is -39.3. The zero-order chi connectivity index (χ0) is 69.5. The van der Waals surface area contributed by atoms with Crippen molar-refractivity contribution in [2.75, 3.05) is 83.6 Å². The van der Waals surface area contributed by atoms with Crippen molar-refractivity contribution in [2.24, 2.45) is 0 Å². The molecular weight excluding hydrogens is 1250 g/mol. The molecule has 0 radical (unpaired) electrons. The number of hydrogen-bond acceptors (Lipinski definition) is 31. The van der Waals surface area contributed by atoms with Crippen LogP contribution in [0.1, 0.15) is 38.5 Å². The zero-order valence-electron chi connectivity index (χ0n) is 48.6. The number of aliphatic hydroxyl groups excluding tert-OH is 18. The molecule has 3 heterocycles. The third kappa shape index (κ3) is 17.9. The molecule has 3 aliphatic rings. The fourth-order valence-electron chi connectivity index (χ4n) is 10.6. The molecule has 39 heteroatoms. The van der Waals surface area contributed by atoms with Crippen LogP contribution >= 0.6 is 0 Å². The number of rotatable bonds is 35. The molecule has 0 saturated carbocycles. The summed E-state index contributed by atoms with van der Waals surface area (Å²) < 4.78 is 0. The van der Waals surface area contributed by atoms with Crippen molar-refractivity contribution in [1.29, 1.82) is 0 Å². The lowest BCUT2D eigenvalue weighted by Gasteiger charge is -2.45. The molecular formula is C53H75N7O32. The monoisotopic (exact) mass is 1320 g/mol. The van der Waals surface area contributed by atoms with Gasteiger partial charge in [0.05, 0.1) is 45.0 Å². The van der Waals surface area contributed by atoms with E-state index in [1.807, 2.05) is 0 Å². The van der Waals surface area contributed by atoms with Crippen molar-refractivity contribution in [3.63, 3.8) is 0 Å². The summed E-state index contributed by atoms with van der Waals surface area (Å²) >= 11 is 0. The molecule has 1 aromatic rings. The summed E-state index contributed by atoms with van der Waals surface area (Å²) in [5.41, 5.74) is -2.49. The van der Waals surface area contributed by atoms with Crippen molar-refractivity contribution in [2.45, 2.75) is 117 Å². The summed E-state index contributed by atoms with van der Waals surface area (Å²) in [6.45, 7) is -13.2. The highest BCUT2D eigenvalue weighted by Crippen LogP contribution is 2.39. The maximum absolute atomic E-state index is 14.0. The molecule has 92 heavy (non-hydrogen) atoms. The standard InChI is InChI=1S/C53H75N7O32/c61-21-31(70)40(79)34(73)25(64)15-54-18-28(67)37(76)43(82)46(54)57(49(85)86)12-4-9-53(60(52(91)92)24-7-2-1-3-8-24,10-5-13-58(50(87)88)47-44(83)38(77)29(68)19-55(47)16-26(65)35(74)41(80)32(71)22-62)11-6-14-59(51(89)90)48-45(84)39(78)30(69)20-56(48)17-27(66)36(75)42(81)33(72)23-63/h1-3,7-8,25-27,31-36,40-42,61-66,70-75,79-84H,4-6,9-23H2,(H,85,86)(H,87,88)(H,89,90)(H,91,92). The van der Waals surface area contributed by atoms with Gasteiger partial charge in [-0.25, -0.2) is 19.2 Å². The molecule has 4 amide bonds. The lowest BCUT2D eigenvalue weighted by Crippen LogP contribution is -2.55. The van der Waals surface area contributed by atoms with E-state index in [1.165, 1.54) is 30.3 Å². The number of benzene rings is 1. The second kappa shape index (κ2) is 33.4. The Kier molecular flexibility index (Phi) is 27.6. The number of anilines is 1. The summed E-state index contributed by atoms with van der Waals surface area (Å²) in [5.74, 6) is -17.2. The minimum Gasteiger partial charge on any atom is -0.502 e. The molecule has 3 aliphatic heterocycles. The number of amides is 4. The molecule has 0 aromatic heterocycles. The molecule has 12 atom stereocenters. The number of para-hydroxylation sites is 1. The maximum Gasteiger partial charge on any atom is 0.413 e. The molecule has 39 nitrogen and oxygen atoms in total. The molecule has 22 N–H and O–H groups in total. The Balaban J connectivity index is 1.94. The van der Waals surface area contributed by atoms with Crippen LogP contribution in [0.5, 0.6) is 0 Å². The van der Waals surface area contributed by atoms with E-state index in [1.54, 1.807) is 0 Å². The van der Waals surface area contributed by atoms with Crippen LogP contribution in [0.4, 0.5) is 24.9 Å². The van der Waals surface area contributed by atoms with Crippen LogP contribution in [-0.4, -0.2) is 358 Å². The summed E-state index contributed by atoms with van der Waals surface area (Å²) in [7, 11) is 0. The van der Waals surface area contributed by atoms with Crippen LogP contribution in [0.3, 0.4) is 0 Å². The summed E-state index contributed by atoms with van der Waals surface area (Å²) in [5, 5.41) is 230. The predicted octanol–water partition coefficient (Wildman–Crippen LogP) is -7.96. The third-order valence-corrected chi connectivity index (χ3v) is 15.4. The lowest BCUT2D eigenvalue weighted by molar-refractivity contribution is -0.140. The van der Waals surface area contributed by atoms with E-state index in [4.69, 9.17) is 0 Å². The molecule has 514 valence electrons. The van der Waals surface area contributed by atoms with Crippen LogP contribution in [-0.2, 0) is 28.8 Å². The molecule has 1 aromatic carbocycles. The average molecular weight is 1320 g/mol. The minimum absolute atomic E-state index is 0.217. The summed E-state index contributed by atoms with van der Waals surface area (Å²) in [6, 6.07) is 6.48. The highest BCUT2D eigenvalue weighted by Gasteiger charge is 2.47. The predicted molar refractivity (Wildman–Crippen MR) is 299 cm³/mol. The third-order valence-electron chi connectivity index (χ3n) is 15.4. The van der Waals surface area contributed by atoms with Crippen LogP contribution in [0.2, 0.25) is 0 Å². The highest BCUT2D eigenvalue weighted by atomic mass is 16.4. The van der Waals surface area contributed by atoms with Crippen molar-refractivity contribution in [1.82, 2.24) is 29.4 Å². The second-order valence-corrected chi connectivity index (χ2v) is 21.6. The number of ketones is 6. The van der Waals surface area contributed by atoms with Gasteiger partial charge >= 0.3 is 24.4 Å². The number of carbonyl (C=O) groups excluding carboxylic acids is 6. The topological polar surface area (TPSA) is 638 Å². The number of hydrogen-bond donors (Lipinski definition) is 22. The van der Waals surface area contributed by atoms with Gasteiger partial charge in [0.2, 0.25) is 34.6 Å². The fraction of sp³-hybridized carbons (Fsp3) is 0.585. The Morgan fingerprint density at radius 2 is 0.652 bits per heavy atom. The summed E-state index contributed by atoms with van der Waals surface area (Å²) in [4.78, 5) is 134. The molecule has 0 spiro atoms. The number of β-amino-alcohol motifs (C(OH)–C–C–N with tert-alkyl or cyclic N) is 3. The molecule has 4 rings (SSSR count). The number of allylic oxidation sites excluding steroid dienone is 3. The molecule has 0 fully saturated rings. The van der Waals surface area contributed by atoms with E-state index in [0.29, 0.717) is 19.6 Å². The largest absolute Gasteiger partial charge is 0.502 e.